The van der Waals surface area contributed by atoms with Gasteiger partial charge in [0.1, 0.15) is 6.07 Å². The standard InChI is InChI=1S/C14H18ClN3O/c1-4-18(5-2)14(19)10-17(3)12-7-6-11(9-16)13(15)8-12/h6-8H,4-5,10H2,1-3H3. The number of hydrogen-bond donors (Lipinski definition) is 0. The van der Waals surface area contributed by atoms with Crippen molar-refractivity contribution >= 4 is 23.2 Å². The number of amides is 1. The van der Waals surface area contributed by atoms with Crippen LogP contribution in [0.4, 0.5) is 5.69 Å². The van der Waals surface area contributed by atoms with Crippen LogP contribution in [-0.4, -0.2) is 37.5 Å². The van der Waals surface area contributed by atoms with Gasteiger partial charge in [0.15, 0.2) is 0 Å². The molecule has 0 N–H and O–H groups in total. The molecule has 0 saturated heterocycles. The summed E-state index contributed by atoms with van der Waals surface area (Å²) >= 11 is 5.98. The van der Waals surface area contributed by atoms with Crippen molar-refractivity contribution in [1.29, 1.82) is 5.26 Å². The molecule has 0 atom stereocenters. The number of rotatable bonds is 5. The van der Waals surface area contributed by atoms with E-state index >= 15 is 0 Å². The largest absolute Gasteiger partial charge is 0.365 e. The summed E-state index contributed by atoms with van der Waals surface area (Å²) in [6.45, 7) is 5.62. The fourth-order valence-electron chi connectivity index (χ4n) is 1.80. The first-order valence-electron chi connectivity index (χ1n) is 6.22. The van der Waals surface area contributed by atoms with Gasteiger partial charge in [0.2, 0.25) is 5.91 Å². The van der Waals surface area contributed by atoms with E-state index in [-0.39, 0.29) is 5.91 Å². The highest BCUT2D eigenvalue weighted by atomic mass is 35.5. The van der Waals surface area contributed by atoms with Crippen LogP contribution in [0.25, 0.3) is 0 Å². The van der Waals surface area contributed by atoms with E-state index in [1.54, 1.807) is 23.1 Å². The molecule has 0 saturated carbocycles. The third-order valence-electron chi connectivity index (χ3n) is 3.00. The number of nitriles is 1. The van der Waals surface area contributed by atoms with E-state index in [4.69, 9.17) is 16.9 Å². The molecule has 0 spiro atoms. The third-order valence-corrected chi connectivity index (χ3v) is 3.32. The fourth-order valence-corrected chi connectivity index (χ4v) is 2.02. The fraction of sp³-hybridized carbons (Fsp3) is 0.429. The lowest BCUT2D eigenvalue weighted by Gasteiger charge is -2.24. The summed E-state index contributed by atoms with van der Waals surface area (Å²) in [6.07, 6.45) is 0. The van der Waals surface area contributed by atoms with Crippen LogP contribution in [0.3, 0.4) is 0 Å². The van der Waals surface area contributed by atoms with Gasteiger partial charge >= 0.3 is 0 Å². The van der Waals surface area contributed by atoms with Gasteiger partial charge in [-0.2, -0.15) is 5.26 Å². The van der Waals surface area contributed by atoms with E-state index in [1.165, 1.54) is 0 Å². The number of hydrogen-bond acceptors (Lipinski definition) is 3. The van der Waals surface area contributed by atoms with Crippen molar-refractivity contribution in [3.05, 3.63) is 28.8 Å². The summed E-state index contributed by atoms with van der Waals surface area (Å²) in [7, 11) is 1.83. The van der Waals surface area contributed by atoms with Gasteiger partial charge in [-0.15, -0.1) is 0 Å². The van der Waals surface area contributed by atoms with E-state index in [9.17, 15) is 4.79 Å². The molecule has 0 aliphatic rings. The van der Waals surface area contributed by atoms with E-state index in [0.717, 1.165) is 5.69 Å². The van der Waals surface area contributed by atoms with Crippen molar-refractivity contribution in [1.82, 2.24) is 4.90 Å². The maximum absolute atomic E-state index is 12.0. The van der Waals surface area contributed by atoms with E-state index in [0.29, 0.717) is 30.2 Å². The molecule has 1 amide bonds. The van der Waals surface area contributed by atoms with Gasteiger partial charge in [0.25, 0.3) is 0 Å². The molecule has 0 aliphatic carbocycles. The number of anilines is 1. The molecule has 0 fully saturated rings. The zero-order valence-electron chi connectivity index (χ0n) is 11.5. The molecule has 0 unspecified atom stereocenters. The number of likely N-dealkylation sites (N-methyl/N-ethyl adjacent to an activating group) is 2. The zero-order valence-corrected chi connectivity index (χ0v) is 12.2. The molecule has 0 heterocycles. The van der Waals surface area contributed by atoms with Crippen molar-refractivity contribution in [2.24, 2.45) is 0 Å². The Bertz CT molecular complexity index is 492. The van der Waals surface area contributed by atoms with E-state index < -0.39 is 0 Å². The average molecular weight is 280 g/mol. The molecule has 0 bridgehead atoms. The Hall–Kier alpha value is -1.73. The molecule has 19 heavy (non-hydrogen) atoms. The molecule has 0 aromatic heterocycles. The van der Waals surface area contributed by atoms with Crippen LogP contribution in [0.1, 0.15) is 19.4 Å². The molecule has 102 valence electrons. The Morgan fingerprint density at radius 1 is 1.37 bits per heavy atom. The number of carbonyl (C=O) groups excluding carboxylic acids is 1. The van der Waals surface area contributed by atoms with Crippen LogP contribution in [0.5, 0.6) is 0 Å². The second kappa shape index (κ2) is 7.01. The molecular weight excluding hydrogens is 262 g/mol. The second-order valence-corrected chi connectivity index (χ2v) is 4.61. The highest BCUT2D eigenvalue weighted by Gasteiger charge is 2.13. The summed E-state index contributed by atoms with van der Waals surface area (Å²) in [4.78, 5) is 15.6. The molecule has 1 aromatic rings. The Morgan fingerprint density at radius 2 is 2.00 bits per heavy atom. The van der Waals surface area contributed by atoms with Gasteiger partial charge in [-0.3, -0.25) is 4.79 Å². The number of halogens is 1. The van der Waals surface area contributed by atoms with Crippen LogP contribution in [-0.2, 0) is 4.79 Å². The normalized spacial score (nSPS) is 9.84. The SMILES string of the molecule is CCN(CC)C(=O)CN(C)c1ccc(C#N)c(Cl)c1. The molecule has 1 rings (SSSR count). The maximum Gasteiger partial charge on any atom is 0.242 e. The van der Waals surface area contributed by atoms with Crippen molar-refractivity contribution < 1.29 is 4.79 Å². The first kappa shape index (κ1) is 15.3. The topological polar surface area (TPSA) is 47.3 Å². The van der Waals surface area contributed by atoms with E-state index in [1.807, 2.05) is 31.9 Å². The molecule has 0 radical (unpaired) electrons. The van der Waals surface area contributed by atoms with Crippen LogP contribution >= 0.6 is 11.6 Å². The average Bonchev–Trinajstić information content (AvgIpc) is 2.39. The van der Waals surface area contributed by atoms with E-state index in [2.05, 4.69) is 0 Å². The monoisotopic (exact) mass is 279 g/mol. The summed E-state index contributed by atoms with van der Waals surface area (Å²) in [5.74, 6) is 0.0768. The summed E-state index contributed by atoms with van der Waals surface area (Å²) in [5, 5.41) is 9.23. The first-order valence-corrected chi connectivity index (χ1v) is 6.59. The predicted molar refractivity (Wildman–Crippen MR) is 77.4 cm³/mol. The predicted octanol–water partition coefficient (Wildman–Crippen LogP) is 2.52. The van der Waals surface area contributed by atoms with Crippen molar-refractivity contribution in [3.63, 3.8) is 0 Å². The van der Waals surface area contributed by atoms with Crippen LogP contribution in [0.2, 0.25) is 5.02 Å². The third kappa shape index (κ3) is 3.87. The minimum atomic E-state index is 0.0768. The van der Waals surface area contributed by atoms with Crippen molar-refractivity contribution in [2.45, 2.75) is 13.8 Å². The maximum atomic E-state index is 12.0. The van der Waals surface area contributed by atoms with Crippen LogP contribution in [0.15, 0.2) is 18.2 Å². The summed E-state index contributed by atoms with van der Waals surface area (Å²) in [5.41, 5.74) is 1.26. The van der Waals surface area contributed by atoms with Gasteiger partial charge in [0.05, 0.1) is 17.1 Å². The molecule has 5 heteroatoms. The van der Waals surface area contributed by atoms with Gasteiger partial charge < -0.3 is 9.80 Å². The lowest BCUT2D eigenvalue weighted by atomic mass is 10.2. The number of nitrogens with zero attached hydrogens (tertiary/aromatic N) is 3. The van der Waals surface area contributed by atoms with Crippen LogP contribution in [0, 0.1) is 11.3 Å². The Kier molecular flexibility index (Phi) is 5.65. The minimum Gasteiger partial charge on any atom is -0.365 e. The van der Waals surface area contributed by atoms with Gasteiger partial charge in [0, 0.05) is 25.8 Å². The summed E-state index contributed by atoms with van der Waals surface area (Å²) in [6, 6.07) is 7.17. The van der Waals surface area contributed by atoms with Crippen LogP contribution < -0.4 is 4.90 Å². The summed E-state index contributed by atoms with van der Waals surface area (Å²) < 4.78 is 0. The van der Waals surface area contributed by atoms with Crippen molar-refractivity contribution in [2.75, 3.05) is 31.6 Å². The molecular formula is C14H18ClN3O. The second-order valence-electron chi connectivity index (χ2n) is 4.20. The molecule has 4 nitrogen and oxygen atoms in total. The lowest BCUT2D eigenvalue weighted by Crippen LogP contribution is -2.38. The van der Waals surface area contributed by atoms with Gasteiger partial charge in [-0.05, 0) is 32.0 Å². The first-order chi connectivity index (χ1) is 9.03. The Labute approximate surface area is 119 Å². The quantitative estimate of drug-likeness (QED) is 0.832. The number of carbonyl (C=O) groups is 1. The number of benzene rings is 1. The van der Waals surface area contributed by atoms with Gasteiger partial charge in [-0.25, -0.2) is 0 Å². The Balaban J connectivity index is 2.79. The smallest absolute Gasteiger partial charge is 0.242 e. The van der Waals surface area contributed by atoms with Gasteiger partial charge in [-0.1, -0.05) is 11.6 Å². The lowest BCUT2D eigenvalue weighted by molar-refractivity contribution is -0.129. The zero-order chi connectivity index (χ0) is 14.4. The Morgan fingerprint density at radius 3 is 2.47 bits per heavy atom. The molecule has 0 aliphatic heterocycles. The minimum absolute atomic E-state index is 0.0768. The van der Waals surface area contributed by atoms with Crippen molar-refractivity contribution in [3.8, 4) is 6.07 Å². The highest BCUT2D eigenvalue weighted by Crippen LogP contribution is 2.22. The highest BCUT2D eigenvalue weighted by molar-refractivity contribution is 6.32. The molecule has 1 aromatic carbocycles.